The van der Waals surface area contributed by atoms with Crippen LogP contribution in [-0.4, -0.2) is 41.0 Å². The van der Waals surface area contributed by atoms with Gasteiger partial charge in [-0.2, -0.15) is 0 Å². The predicted octanol–water partition coefficient (Wildman–Crippen LogP) is 3.67. The van der Waals surface area contributed by atoms with Crippen LogP contribution in [0.25, 0.3) is 0 Å². The summed E-state index contributed by atoms with van der Waals surface area (Å²) < 4.78 is 13.4. The summed E-state index contributed by atoms with van der Waals surface area (Å²) in [4.78, 5) is 27.9. The highest BCUT2D eigenvalue weighted by Gasteiger charge is 2.62. The summed E-state index contributed by atoms with van der Waals surface area (Å²) in [5.74, 6) is -1.45. The second-order valence-electron chi connectivity index (χ2n) is 7.29. The minimum absolute atomic E-state index is 0.273. The first kappa shape index (κ1) is 18.1. The average molecular weight is 420 g/mol. The van der Waals surface area contributed by atoms with E-state index in [1.165, 1.54) is 17.0 Å². The van der Waals surface area contributed by atoms with E-state index in [9.17, 15) is 14.0 Å². The van der Waals surface area contributed by atoms with E-state index in [2.05, 4.69) is 5.01 Å². The fraction of sp³-hybridized carbons (Fsp3) is 0.300. The highest BCUT2D eigenvalue weighted by Crippen LogP contribution is 2.49. The van der Waals surface area contributed by atoms with Crippen molar-refractivity contribution in [3.63, 3.8) is 0 Å². The van der Waals surface area contributed by atoms with Crippen molar-refractivity contribution in [1.29, 1.82) is 0 Å². The molecule has 2 amide bonds. The number of benzene rings is 2. The number of amides is 2. The molecule has 0 radical (unpaired) electrons. The standard InChI is InChI=1S/C20H16Cl2FN3O2/c21-12-8-13(22)10-15(9-12)26-19(27)16-17(11-2-4-14(23)5-3-11)24-6-1-7-25(24)18(16)20(26)28/h2-5,8-10,16-18H,1,6-7H2/t16-,17+,18+/m0/s1. The third-order valence-corrected chi connectivity index (χ3v) is 6.16. The maximum absolute atomic E-state index is 13.4. The summed E-state index contributed by atoms with van der Waals surface area (Å²) in [6, 6.07) is 9.98. The van der Waals surface area contributed by atoms with Crippen molar-refractivity contribution in [3.8, 4) is 0 Å². The molecule has 0 bridgehead atoms. The Labute approximate surface area is 171 Å². The molecule has 3 aliphatic rings. The van der Waals surface area contributed by atoms with Crippen LogP contribution in [0.15, 0.2) is 42.5 Å². The van der Waals surface area contributed by atoms with E-state index in [4.69, 9.17) is 23.2 Å². The van der Waals surface area contributed by atoms with Crippen molar-refractivity contribution < 1.29 is 14.0 Å². The lowest BCUT2D eigenvalue weighted by Crippen LogP contribution is -2.44. The molecule has 144 valence electrons. The number of hydrogen-bond donors (Lipinski definition) is 0. The minimum Gasteiger partial charge on any atom is -0.274 e. The fourth-order valence-electron chi connectivity index (χ4n) is 4.70. The molecule has 8 heteroatoms. The molecule has 2 aromatic carbocycles. The molecule has 0 aliphatic carbocycles. The van der Waals surface area contributed by atoms with Gasteiger partial charge in [-0.3, -0.25) is 9.59 Å². The van der Waals surface area contributed by atoms with E-state index < -0.39 is 12.0 Å². The number of halogens is 3. The summed E-state index contributed by atoms with van der Waals surface area (Å²) in [7, 11) is 0. The zero-order chi connectivity index (χ0) is 19.6. The maximum Gasteiger partial charge on any atom is 0.253 e. The summed E-state index contributed by atoms with van der Waals surface area (Å²) in [5, 5.41) is 4.79. The second kappa shape index (κ2) is 6.52. The van der Waals surface area contributed by atoms with Gasteiger partial charge in [0, 0.05) is 23.1 Å². The number of carbonyl (C=O) groups excluding carboxylic acids is 2. The molecule has 0 N–H and O–H groups in total. The van der Waals surface area contributed by atoms with Gasteiger partial charge < -0.3 is 0 Å². The normalized spacial score (nSPS) is 27.5. The molecule has 3 saturated heterocycles. The Hall–Kier alpha value is -1.99. The Morgan fingerprint density at radius 2 is 1.46 bits per heavy atom. The van der Waals surface area contributed by atoms with Crippen LogP contribution in [-0.2, 0) is 9.59 Å². The van der Waals surface area contributed by atoms with Gasteiger partial charge in [-0.1, -0.05) is 35.3 Å². The predicted molar refractivity (Wildman–Crippen MR) is 103 cm³/mol. The Bertz CT molecular complexity index is 964. The number of fused-ring (bicyclic) bond motifs is 3. The molecule has 3 atom stereocenters. The first-order valence-corrected chi connectivity index (χ1v) is 9.84. The number of hydrazine groups is 1. The number of anilines is 1. The highest BCUT2D eigenvalue weighted by molar-refractivity contribution is 6.35. The molecule has 3 heterocycles. The molecular weight excluding hydrogens is 404 g/mol. The van der Waals surface area contributed by atoms with Crippen LogP contribution in [0.2, 0.25) is 10.0 Å². The molecule has 2 aromatic rings. The van der Waals surface area contributed by atoms with Gasteiger partial charge in [-0.25, -0.2) is 19.3 Å². The molecule has 0 spiro atoms. The molecule has 5 rings (SSSR count). The molecular formula is C20H16Cl2FN3O2. The smallest absolute Gasteiger partial charge is 0.253 e. The van der Waals surface area contributed by atoms with Gasteiger partial charge in [-0.15, -0.1) is 0 Å². The minimum atomic E-state index is -0.567. The van der Waals surface area contributed by atoms with Gasteiger partial charge in [0.05, 0.1) is 17.6 Å². The van der Waals surface area contributed by atoms with E-state index in [0.717, 1.165) is 18.5 Å². The van der Waals surface area contributed by atoms with E-state index in [-0.39, 0.29) is 23.7 Å². The lowest BCUT2D eigenvalue weighted by atomic mass is 9.90. The van der Waals surface area contributed by atoms with E-state index >= 15 is 0 Å². The van der Waals surface area contributed by atoms with Crippen molar-refractivity contribution in [3.05, 3.63) is 63.9 Å². The first-order valence-electron chi connectivity index (χ1n) is 9.08. The molecule has 0 unspecified atom stereocenters. The van der Waals surface area contributed by atoms with E-state index in [1.807, 2.05) is 5.01 Å². The molecule has 28 heavy (non-hydrogen) atoms. The fourth-order valence-corrected chi connectivity index (χ4v) is 5.21. The summed E-state index contributed by atoms with van der Waals surface area (Å²) in [5.41, 5.74) is 1.21. The molecule has 5 nitrogen and oxygen atoms in total. The van der Waals surface area contributed by atoms with Crippen LogP contribution in [0.4, 0.5) is 10.1 Å². The average Bonchev–Trinajstić information content (AvgIpc) is 3.27. The van der Waals surface area contributed by atoms with E-state index in [1.54, 1.807) is 30.3 Å². The second-order valence-corrected chi connectivity index (χ2v) is 8.16. The molecule has 0 aromatic heterocycles. The number of nitrogens with zero attached hydrogens (tertiary/aromatic N) is 3. The molecule has 3 fully saturated rings. The summed E-state index contributed by atoms with van der Waals surface area (Å²) in [6.07, 6.45) is 0.908. The van der Waals surface area contributed by atoms with Crippen LogP contribution in [0.5, 0.6) is 0 Å². The van der Waals surface area contributed by atoms with Crippen molar-refractivity contribution in [2.45, 2.75) is 18.5 Å². The maximum atomic E-state index is 13.4. The molecule has 0 saturated carbocycles. The zero-order valence-corrected chi connectivity index (χ0v) is 16.2. The third kappa shape index (κ3) is 2.59. The Morgan fingerprint density at radius 3 is 2.11 bits per heavy atom. The van der Waals surface area contributed by atoms with Crippen molar-refractivity contribution in [2.24, 2.45) is 5.92 Å². The van der Waals surface area contributed by atoms with Gasteiger partial charge in [0.15, 0.2) is 0 Å². The van der Waals surface area contributed by atoms with E-state index in [0.29, 0.717) is 22.3 Å². The van der Waals surface area contributed by atoms with Gasteiger partial charge in [0.25, 0.3) is 5.91 Å². The number of rotatable bonds is 2. The summed E-state index contributed by atoms with van der Waals surface area (Å²) >= 11 is 12.2. The van der Waals surface area contributed by atoms with Crippen LogP contribution in [0.1, 0.15) is 18.0 Å². The Morgan fingerprint density at radius 1 is 0.857 bits per heavy atom. The van der Waals surface area contributed by atoms with Crippen LogP contribution in [0.3, 0.4) is 0 Å². The van der Waals surface area contributed by atoms with Crippen molar-refractivity contribution in [1.82, 2.24) is 10.0 Å². The topological polar surface area (TPSA) is 43.9 Å². The lowest BCUT2D eigenvalue weighted by molar-refractivity contribution is -0.126. The van der Waals surface area contributed by atoms with Gasteiger partial charge in [-0.05, 0) is 42.3 Å². The third-order valence-electron chi connectivity index (χ3n) is 5.72. The van der Waals surface area contributed by atoms with Gasteiger partial charge in [0.1, 0.15) is 11.9 Å². The van der Waals surface area contributed by atoms with Crippen LogP contribution in [0, 0.1) is 11.7 Å². The first-order chi connectivity index (χ1) is 13.5. The monoisotopic (exact) mass is 419 g/mol. The molecule has 3 aliphatic heterocycles. The van der Waals surface area contributed by atoms with Crippen molar-refractivity contribution in [2.75, 3.05) is 18.0 Å². The highest BCUT2D eigenvalue weighted by atomic mass is 35.5. The zero-order valence-electron chi connectivity index (χ0n) is 14.7. The Balaban J connectivity index is 1.59. The largest absolute Gasteiger partial charge is 0.274 e. The van der Waals surface area contributed by atoms with Gasteiger partial charge >= 0.3 is 0 Å². The number of hydrogen-bond acceptors (Lipinski definition) is 4. The Kier molecular flexibility index (Phi) is 4.21. The quantitative estimate of drug-likeness (QED) is 0.696. The van der Waals surface area contributed by atoms with Crippen LogP contribution >= 0.6 is 23.2 Å². The number of carbonyl (C=O) groups is 2. The van der Waals surface area contributed by atoms with Crippen LogP contribution < -0.4 is 4.90 Å². The van der Waals surface area contributed by atoms with Gasteiger partial charge in [0.2, 0.25) is 5.91 Å². The number of imide groups is 1. The van der Waals surface area contributed by atoms with Crippen molar-refractivity contribution >= 4 is 40.7 Å². The SMILES string of the molecule is O=C1[C@H]2[C@@H](c3ccc(F)cc3)N3CCCN3[C@H]2C(=O)N1c1cc(Cl)cc(Cl)c1. The summed E-state index contributed by atoms with van der Waals surface area (Å²) in [6.45, 7) is 1.47. The lowest BCUT2D eigenvalue weighted by Gasteiger charge is -2.29.